The van der Waals surface area contributed by atoms with Crippen LogP contribution in [0, 0.1) is 5.92 Å². The van der Waals surface area contributed by atoms with Gasteiger partial charge >= 0.3 is 0 Å². The van der Waals surface area contributed by atoms with Crippen LogP contribution in [-0.4, -0.2) is 60.4 Å². The van der Waals surface area contributed by atoms with Crippen LogP contribution in [0.15, 0.2) is 0 Å². The summed E-state index contributed by atoms with van der Waals surface area (Å²) in [5.74, 6) is 0.727. The fraction of sp³-hybridized carbons (Fsp3) is 0.900. The van der Waals surface area contributed by atoms with Crippen molar-refractivity contribution >= 4 is 11.8 Å². The van der Waals surface area contributed by atoms with Crippen molar-refractivity contribution in [3.05, 3.63) is 0 Å². The van der Waals surface area contributed by atoms with Crippen LogP contribution in [0.1, 0.15) is 72.6 Å². The zero-order valence-electron chi connectivity index (χ0n) is 16.9. The third kappa shape index (κ3) is 6.37. The number of hydrogen-bond donors (Lipinski definition) is 1. The molecular formula is C20H39N3O2. The summed E-state index contributed by atoms with van der Waals surface area (Å²) in [4.78, 5) is 28.0. The van der Waals surface area contributed by atoms with Crippen LogP contribution < -0.4 is 5.32 Å². The first kappa shape index (κ1) is 22.1. The van der Waals surface area contributed by atoms with Crippen molar-refractivity contribution in [1.29, 1.82) is 0 Å². The summed E-state index contributed by atoms with van der Waals surface area (Å²) in [6, 6.07) is 0.374. The minimum absolute atomic E-state index is 0.0379. The minimum Gasteiger partial charge on any atom is -0.314 e. The van der Waals surface area contributed by atoms with Crippen molar-refractivity contribution in [1.82, 2.24) is 15.1 Å². The van der Waals surface area contributed by atoms with E-state index in [4.69, 9.17) is 0 Å². The first-order valence-corrected chi connectivity index (χ1v) is 10.5. The van der Waals surface area contributed by atoms with E-state index in [-0.39, 0.29) is 11.8 Å². The molecule has 1 N–H and O–H groups in total. The predicted octanol–water partition coefficient (Wildman–Crippen LogP) is 3.04. The Labute approximate surface area is 154 Å². The normalized spacial score (nSPS) is 23.4. The fourth-order valence-electron chi connectivity index (χ4n) is 4.11. The van der Waals surface area contributed by atoms with Crippen LogP contribution in [0.4, 0.5) is 0 Å². The largest absolute Gasteiger partial charge is 0.314 e. The molecule has 3 aliphatic rings. The Bertz CT molecular complexity index is 354. The van der Waals surface area contributed by atoms with Crippen molar-refractivity contribution in [2.75, 3.05) is 32.7 Å². The molecule has 5 heteroatoms. The molecule has 0 spiro atoms. The predicted molar refractivity (Wildman–Crippen MR) is 103 cm³/mol. The second kappa shape index (κ2) is 12.4. The lowest BCUT2D eigenvalue weighted by atomic mass is 9.82. The van der Waals surface area contributed by atoms with Crippen LogP contribution in [0.5, 0.6) is 0 Å². The number of carbonyl (C=O) groups is 2. The minimum atomic E-state index is 0.0379. The molecule has 0 aromatic carbocycles. The van der Waals surface area contributed by atoms with E-state index < -0.39 is 0 Å². The van der Waals surface area contributed by atoms with Crippen molar-refractivity contribution in [3.63, 3.8) is 0 Å². The number of carbonyl (C=O) groups excluding carboxylic acids is 2. The lowest BCUT2D eigenvalue weighted by molar-refractivity contribution is -0.139. The van der Waals surface area contributed by atoms with Gasteiger partial charge in [0.05, 0.1) is 0 Å². The molecule has 0 aromatic heterocycles. The van der Waals surface area contributed by atoms with Crippen molar-refractivity contribution in [3.8, 4) is 0 Å². The quantitative estimate of drug-likeness (QED) is 0.789. The zero-order valence-corrected chi connectivity index (χ0v) is 16.9. The zero-order chi connectivity index (χ0) is 18.7. The molecule has 0 aromatic rings. The van der Waals surface area contributed by atoms with E-state index in [1.54, 1.807) is 4.90 Å². The van der Waals surface area contributed by atoms with E-state index in [1.165, 1.54) is 32.1 Å². The second-order valence-electron chi connectivity index (χ2n) is 6.65. The molecule has 25 heavy (non-hydrogen) atoms. The summed E-state index contributed by atoms with van der Waals surface area (Å²) >= 11 is 0. The molecule has 2 aliphatic heterocycles. The van der Waals surface area contributed by atoms with Gasteiger partial charge in [0.15, 0.2) is 0 Å². The Hall–Kier alpha value is -0.940. The number of imide groups is 1. The highest BCUT2D eigenvalue weighted by Gasteiger charge is 2.36. The molecule has 2 heterocycles. The molecule has 1 atom stereocenters. The van der Waals surface area contributed by atoms with Gasteiger partial charge in [0, 0.05) is 51.6 Å². The molecule has 3 rings (SSSR count). The smallest absolute Gasteiger partial charge is 0.229 e. The standard InChI is InChI=1S/C16H27N3O2.2C2H6/c20-15-6-7-16(21)19(15)12-14(13-4-2-1-3-5-13)18-10-8-17-9-11-18;2*1-2/h13-14,17H,1-12H2;2*1-2H3. The first-order chi connectivity index (χ1) is 12.3. The van der Waals surface area contributed by atoms with Gasteiger partial charge in [-0.25, -0.2) is 0 Å². The number of nitrogens with zero attached hydrogens (tertiary/aromatic N) is 2. The van der Waals surface area contributed by atoms with E-state index in [0.717, 1.165) is 26.2 Å². The SMILES string of the molecule is CC.CC.O=C1CCC(=O)N1CC(C1CCCCC1)N1CCNCC1. The molecule has 1 unspecified atom stereocenters. The summed E-state index contributed by atoms with van der Waals surface area (Å²) in [7, 11) is 0. The molecule has 0 bridgehead atoms. The van der Waals surface area contributed by atoms with Gasteiger partial charge in [-0.15, -0.1) is 0 Å². The van der Waals surface area contributed by atoms with Crippen LogP contribution in [0.3, 0.4) is 0 Å². The van der Waals surface area contributed by atoms with Crippen LogP contribution in [0.25, 0.3) is 0 Å². The van der Waals surface area contributed by atoms with Crippen LogP contribution in [-0.2, 0) is 9.59 Å². The van der Waals surface area contributed by atoms with Crippen LogP contribution >= 0.6 is 0 Å². The topological polar surface area (TPSA) is 52.7 Å². The molecule has 146 valence electrons. The third-order valence-corrected chi connectivity index (χ3v) is 5.34. The van der Waals surface area contributed by atoms with E-state index in [9.17, 15) is 9.59 Å². The molecule has 2 saturated heterocycles. The number of nitrogens with one attached hydrogen (secondary N) is 1. The summed E-state index contributed by atoms with van der Waals surface area (Å²) in [6.45, 7) is 12.7. The van der Waals surface area contributed by atoms with Gasteiger partial charge in [0.1, 0.15) is 0 Å². The van der Waals surface area contributed by atoms with E-state index in [2.05, 4.69) is 10.2 Å². The van der Waals surface area contributed by atoms with Crippen molar-refractivity contribution in [2.45, 2.75) is 78.7 Å². The Balaban J connectivity index is 0.000000730. The highest BCUT2D eigenvalue weighted by molar-refractivity contribution is 6.01. The molecule has 1 aliphatic carbocycles. The van der Waals surface area contributed by atoms with E-state index >= 15 is 0 Å². The summed E-state index contributed by atoms with van der Waals surface area (Å²) in [5.41, 5.74) is 0. The Kier molecular flexibility index (Phi) is 11.0. The maximum atomic E-state index is 12.0. The number of rotatable bonds is 4. The highest BCUT2D eigenvalue weighted by atomic mass is 16.2. The van der Waals surface area contributed by atoms with E-state index in [0.29, 0.717) is 31.3 Å². The second-order valence-corrected chi connectivity index (χ2v) is 6.65. The van der Waals surface area contributed by atoms with Gasteiger partial charge in [-0.05, 0) is 18.8 Å². The molecule has 0 radical (unpaired) electrons. The maximum Gasteiger partial charge on any atom is 0.229 e. The molecule has 3 fully saturated rings. The number of likely N-dealkylation sites (tertiary alicyclic amines) is 1. The lowest BCUT2D eigenvalue weighted by Crippen LogP contribution is -2.55. The first-order valence-electron chi connectivity index (χ1n) is 10.5. The fourth-order valence-corrected chi connectivity index (χ4v) is 4.11. The highest BCUT2D eigenvalue weighted by Crippen LogP contribution is 2.30. The van der Waals surface area contributed by atoms with Gasteiger partial charge in [-0.3, -0.25) is 19.4 Å². The van der Waals surface area contributed by atoms with Crippen molar-refractivity contribution < 1.29 is 9.59 Å². The molecule has 2 amide bonds. The summed E-state index contributed by atoms with van der Waals surface area (Å²) in [5, 5.41) is 3.39. The van der Waals surface area contributed by atoms with Gasteiger partial charge in [0.2, 0.25) is 11.8 Å². The van der Waals surface area contributed by atoms with Gasteiger partial charge in [-0.2, -0.15) is 0 Å². The summed E-state index contributed by atoms with van der Waals surface area (Å²) < 4.78 is 0. The van der Waals surface area contributed by atoms with Gasteiger partial charge in [0.25, 0.3) is 0 Å². The Morgan fingerprint density at radius 1 is 0.920 bits per heavy atom. The number of hydrogen-bond acceptors (Lipinski definition) is 4. The average Bonchev–Trinajstić information content (AvgIpc) is 3.02. The number of amides is 2. The Morgan fingerprint density at radius 3 is 1.96 bits per heavy atom. The van der Waals surface area contributed by atoms with Crippen LogP contribution in [0.2, 0.25) is 0 Å². The van der Waals surface area contributed by atoms with Gasteiger partial charge in [-0.1, -0.05) is 47.0 Å². The molecular weight excluding hydrogens is 314 g/mol. The third-order valence-electron chi connectivity index (χ3n) is 5.34. The maximum absolute atomic E-state index is 12.0. The van der Waals surface area contributed by atoms with Crippen molar-refractivity contribution in [2.24, 2.45) is 5.92 Å². The average molecular weight is 354 g/mol. The Morgan fingerprint density at radius 2 is 1.44 bits per heavy atom. The van der Waals surface area contributed by atoms with E-state index in [1.807, 2.05) is 27.7 Å². The van der Waals surface area contributed by atoms with Gasteiger partial charge < -0.3 is 5.32 Å². The number of piperazine rings is 1. The summed E-state index contributed by atoms with van der Waals surface area (Å²) in [6.07, 6.45) is 7.28. The molecule has 1 saturated carbocycles. The lowest BCUT2D eigenvalue weighted by Gasteiger charge is -2.42. The monoisotopic (exact) mass is 353 g/mol. The molecule has 5 nitrogen and oxygen atoms in total.